The number of nitrogens with zero attached hydrogens (tertiary/aromatic N) is 2. The zero-order valence-electron chi connectivity index (χ0n) is 17.7. The molecule has 0 aromatic heterocycles. The summed E-state index contributed by atoms with van der Waals surface area (Å²) in [7, 11) is -1.94. The van der Waals surface area contributed by atoms with Crippen molar-refractivity contribution in [1.82, 2.24) is 4.31 Å². The van der Waals surface area contributed by atoms with Gasteiger partial charge in [0.1, 0.15) is 0 Å². The summed E-state index contributed by atoms with van der Waals surface area (Å²) < 4.78 is 27.5. The van der Waals surface area contributed by atoms with Gasteiger partial charge >= 0.3 is 0 Å². The first-order chi connectivity index (χ1) is 14.8. The Hall–Kier alpha value is -3.22. The van der Waals surface area contributed by atoms with Crippen molar-refractivity contribution in [2.45, 2.75) is 18.4 Å². The Balaban J connectivity index is 1.78. The molecule has 0 heterocycles. The first kappa shape index (κ1) is 22.5. The molecule has 0 N–H and O–H groups in total. The van der Waals surface area contributed by atoms with E-state index in [1.807, 2.05) is 37.3 Å². The molecule has 0 bridgehead atoms. The highest BCUT2D eigenvalue weighted by Gasteiger charge is 2.23. The molecule has 0 saturated heterocycles. The quantitative estimate of drug-likeness (QED) is 0.485. The van der Waals surface area contributed by atoms with Gasteiger partial charge in [-0.15, -0.1) is 6.58 Å². The van der Waals surface area contributed by atoms with Crippen molar-refractivity contribution in [3.8, 4) is 0 Å². The number of carbonyl (C=O) groups is 1. The average molecular weight is 435 g/mol. The number of benzene rings is 3. The fraction of sp³-hybridized carbons (Fsp3) is 0.160. The fourth-order valence-corrected chi connectivity index (χ4v) is 4.57. The maximum Gasteiger partial charge on any atom is 0.258 e. The Kier molecular flexibility index (Phi) is 7.05. The topological polar surface area (TPSA) is 57.7 Å². The molecule has 0 unspecified atom stereocenters. The maximum absolute atomic E-state index is 13.1. The molecule has 6 heteroatoms. The number of para-hydroxylation sites is 1. The van der Waals surface area contributed by atoms with Crippen LogP contribution >= 0.6 is 0 Å². The van der Waals surface area contributed by atoms with Gasteiger partial charge in [-0.3, -0.25) is 4.79 Å². The van der Waals surface area contributed by atoms with Crippen LogP contribution in [-0.2, 0) is 16.6 Å². The molecule has 0 spiro atoms. The lowest BCUT2D eigenvalue weighted by atomic mass is 10.1. The van der Waals surface area contributed by atoms with Crippen LogP contribution in [-0.4, -0.2) is 32.2 Å². The summed E-state index contributed by atoms with van der Waals surface area (Å²) in [6.45, 7) is 5.98. The summed E-state index contributed by atoms with van der Waals surface area (Å²) in [6.07, 6.45) is 1.57. The highest BCUT2D eigenvalue weighted by atomic mass is 32.2. The highest BCUT2D eigenvalue weighted by molar-refractivity contribution is 7.89. The van der Waals surface area contributed by atoms with Crippen molar-refractivity contribution < 1.29 is 13.2 Å². The zero-order valence-corrected chi connectivity index (χ0v) is 18.5. The van der Waals surface area contributed by atoms with E-state index in [1.165, 1.54) is 4.31 Å². The predicted octanol–water partition coefficient (Wildman–Crippen LogP) is 4.65. The van der Waals surface area contributed by atoms with Gasteiger partial charge in [-0.05, 0) is 48.9 Å². The van der Waals surface area contributed by atoms with Crippen molar-refractivity contribution in [3.63, 3.8) is 0 Å². The second-order valence-electron chi connectivity index (χ2n) is 7.30. The molecule has 3 rings (SSSR count). The van der Waals surface area contributed by atoms with Gasteiger partial charge in [0.05, 0.1) is 4.90 Å². The summed E-state index contributed by atoms with van der Waals surface area (Å²) in [5.74, 6) is -0.132. The molecular formula is C25H26N2O3S. The lowest BCUT2D eigenvalue weighted by molar-refractivity contribution is 0.0993. The van der Waals surface area contributed by atoms with E-state index in [4.69, 9.17) is 0 Å². The number of rotatable bonds is 8. The van der Waals surface area contributed by atoms with Gasteiger partial charge in [0, 0.05) is 31.4 Å². The number of hydrogen-bond donors (Lipinski definition) is 0. The zero-order chi connectivity index (χ0) is 22.4. The molecule has 31 heavy (non-hydrogen) atoms. The van der Waals surface area contributed by atoms with Crippen LogP contribution in [0.3, 0.4) is 0 Å². The van der Waals surface area contributed by atoms with Crippen LogP contribution in [0.25, 0.3) is 0 Å². The van der Waals surface area contributed by atoms with Crippen LogP contribution in [0.2, 0.25) is 0 Å². The Morgan fingerprint density at radius 2 is 1.55 bits per heavy atom. The maximum atomic E-state index is 13.1. The number of anilines is 1. The van der Waals surface area contributed by atoms with Gasteiger partial charge < -0.3 is 4.90 Å². The smallest absolute Gasteiger partial charge is 0.258 e. The average Bonchev–Trinajstić information content (AvgIpc) is 2.79. The lowest BCUT2D eigenvalue weighted by Crippen LogP contribution is -2.31. The normalized spacial score (nSPS) is 11.3. The molecule has 0 aliphatic carbocycles. The Bertz CT molecular complexity index is 1140. The van der Waals surface area contributed by atoms with Crippen molar-refractivity contribution in [2.75, 3.05) is 18.5 Å². The molecule has 0 fully saturated rings. The Morgan fingerprint density at radius 1 is 0.935 bits per heavy atom. The van der Waals surface area contributed by atoms with E-state index >= 15 is 0 Å². The number of aryl methyl sites for hydroxylation is 1. The van der Waals surface area contributed by atoms with Crippen molar-refractivity contribution in [3.05, 3.63) is 108 Å². The lowest BCUT2D eigenvalue weighted by Gasteiger charge is -2.21. The van der Waals surface area contributed by atoms with E-state index in [9.17, 15) is 13.2 Å². The second-order valence-corrected chi connectivity index (χ2v) is 9.23. The first-order valence-corrected chi connectivity index (χ1v) is 11.4. The van der Waals surface area contributed by atoms with E-state index in [2.05, 4.69) is 6.58 Å². The SMILES string of the molecule is C=CCN(Cc1ccc(C(=O)N(C)c2ccccc2)cc1)S(=O)(=O)c1ccc(C)cc1. The number of sulfonamides is 1. The minimum absolute atomic E-state index is 0.132. The largest absolute Gasteiger partial charge is 0.311 e. The predicted molar refractivity (Wildman–Crippen MR) is 125 cm³/mol. The summed E-state index contributed by atoms with van der Waals surface area (Å²) in [5.41, 5.74) is 3.12. The molecule has 0 radical (unpaired) electrons. The van der Waals surface area contributed by atoms with E-state index in [0.717, 1.165) is 16.8 Å². The Morgan fingerprint density at radius 3 is 2.13 bits per heavy atom. The fourth-order valence-electron chi connectivity index (χ4n) is 3.17. The summed E-state index contributed by atoms with van der Waals surface area (Å²) in [4.78, 5) is 14.6. The first-order valence-electron chi connectivity index (χ1n) is 9.92. The molecule has 3 aromatic rings. The summed E-state index contributed by atoms with van der Waals surface area (Å²) in [5, 5.41) is 0. The van der Waals surface area contributed by atoms with Crippen LogP contribution < -0.4 is 4.90 Å². The van der Waals surface area contributed by atoms with Gasteiger partial charge in [0.15, 0.2) is 0 Å². The van der Waals surface area contributed by atoms with Crippen molar-refractivity contribution in [1.29, 1.82) is 0 Å². The summed E-state index contributed by atoms with van der Waals surface area (Å²) >= 11 is 0. The summed E-state index contributed by atoms with van der Waals surface area (Å²) in [6, 6.07) is 23.2. The van der Waals surface area contributed by atoms with E-state index in [0.29, 0.717) is 5.56 Å². The van der Waals surface area contributed by atoms with E-state index in [1.54, 1.807) is 66.6 Å². The monoisotopic (exact) mass is 434 g/mol. The van der Waals surface area contributed by atoms with Gasteiger partial charge in [-0.1, -0.05) is 54.1 Å². The van der Waals surface area contributed by atoms with Gasteiger partial charge in [-0.2, -0.15) is 4.31 Å². The Labute approximate surface area is 184 Å². The molecule has 0 aliphatic heterocycles. The van der Waals surface area contributed by atoms with Crippen LogP contribution in [0, 0.1) is 6.92 Å². The van der Waals surface area contributed by atoms with E-state index < -0.39 is 10.0 Å². The van der Waals surface area contributed by atoms with Gasteiger partial charge in [0.25, 0.3) is 5.91 Å². The van der Waals surface area contributed by atoms with Crippen molar-refractivity contribution >= 4 is 21.6 Å². The van der Waals surface area contributed by atoms with Crippen LogP contribution in [0.5, 0.6) is 0 Å². The molecule has 0 saturated carbocycles. The standard InChI is InChI=1S/C25H26N2O3S/c1-4-18-27(31(29,30)24-16-10-20(2)11-17-24)19-21-12-14-22(15-13-21)25(28)26(3)23-8-6-5-7-9-23/h4-17H,1,18-19H2,2-3H3. The number of hydrogen-bond acceptors (Lipinski definition) is 3. The molecule has 0 atom stereocenters. The third-order valence-corrected chi connectivity index (χ3v) is 6.83. The minimum Gasteiger partial charge on any atom is -0.311 e. The van der Waals surface area contributed by atoms with Gasteiger partial charge in [-0.25, -0.2) is 8.42 Å². The van der Waals surface area contributed by atoms with Crippen molar-refractivity contribution in [2.24, 2.45) is 0 Å². The van der Waals surface area contributed by atoms with Crippen LogP contribution in [0.1, 0.15) is 21.5 Å². The van der Waals surface area contributed by atoms with Crippen LogP contribution in [0.4, 0.5) is 5.69 Å². The molecule has 1 amide bonds. The van der Waals surface area contributed by atoms with Crippen LogP contribution in [0.15, 0.2) is 96.4 Å². The molecule has 5 nitrogen and oxygen atoms in total. The van der Waals surface area contributed by atoms with E-state index in [-0.39, 0.29) is 23.9 Å². The van der Waals surface area contributed by atoms with Gasteiger partial charge in [0.2, 0.25) is 10.0 Å². The second kappa shape index (κ2) is 9.73. The number of amides is 1. The highest BCUT2D eigenvalue weighted by Crippen LogP contribution is 2.20. The minimum atomic E-state index is -3.67. The molecule has 160 valence electrons. The molecule has 3 aromatic carbocycles. The third kappa shape index (κ3) is 5.29. The number of carbonyl (C=O) groups excluding carboxylic acids is 1. The third-order valence-electron chi connectivity index (χ3n) is 5.00. The molecule has 0 aliphatic rings. The molecular weight excluding hydrogens is 408 g/mol.